The zero-order valence-corrected chi connectivity index (χ0v) is 22.8. The van der Waals surface area contributed by atoms with Crippen LogP contribution >= 0.6 is 0 Å². The highest BCUT2D eigenvalue weighted by atomic mass is 19.4. The van der Waals surface area contributed by atoms with Crippen molar-refractivity contribution in [3.05, 3.63) is 29.7 Å². The predicted octanol–water partition coefficient (Wildman–Crippen LogP) is 4.09. The first-order valence-electron chi connectivity index (χ1n) is 12.8. The Kier molecular flexibility index (Phi) is 8.55. The Bertz CT molecular complexity index is 1340. The minimum Gasteiger partial charge on any atom is -0.382 e. The number of aromatic nitrogens is 3. The molecule has 3 amide bonds. The molecule has 2 fully saturated rings. The first-order valence-corrected chi connectivity index (χ1v) is 12.8. The summed E-state index contributed by atoms with van der Waals surface area (Å²) in [7, 11) is 1.26. The van der Waals surface area contributed by atoms with E-state index in [0.29, 0.717) is 0 Å². The van der Waals surface area contributed by atoms with Gasteiger partial charge < -0.3 is 25.0 Å². The Morgan fingerprint density at radius 1 is 1.12 bits per heavy atom. The summed E-state index contributed by atoms with van der Waals surface area (Å²) in [4.78, 5) is 30.1. The molecule has 19 heteroatoms. The number of alkyl halides is 9. The molecule has 0 spiro atoms. The number of halogens is 9. The molecule has 1 aliphatic carbocycles. The summed E-state index contributed by atoms with van der Waals surface area (Å²) in [6.45, 7) is -0.307. The van der Waals surface area contributed by atoms with Gasteiger partial charge in [-0.15, -0.1) is 0 Å². The zero-order valence-electron chi connectivity index (χ0n) is 22.8. The normalized spacial score (nSPS) is 22.9. The summed E-state index contributed by atoms with van der Waals surface area (Å²) >= 11 is 0. The van der Waals surface area contributed by atoms with E-state index in [2.05, 4.69) is 15.4 Å². The maximum atomic E-state index is 13.4. The van der Waals surface area contributed by atoms with Crippen LogP contribution in [0, 0.1) is 11.8 Å². The number of fused-ring (bicyclic) bond motifs is 1. The van der Waals surface area contributed by atoms with Gasteiger partial charge in [0.15, 0.2) is 11.2 Å². The molecular formula is C24H27F9N6O4. The molecule has 1 saturated heterocycles. The molecule has 2 N–H and O–H groups in total. The van der Waals surface area contributed by atoms with E-state index in [1.54, 1.807) is 0 Å². The van der Waals surface area contributed by atoms with Crippen LogP contribution in [0.2, 0.25) is 0 Å². The summed E-state index contributed by atoms with van der Waals surface area (Å²) in [6.07, 6.45) is -12.2. The Labute approximate surface area is 237 Å². The third kappa shape index (κ3) is 7.08. The molecule has 1 aliphatic heterocycles. The Morgan fingerprint density at radius 3 is 2.33 bits per heavy atom. The molecule has 3 heterocycles. The fraction of sp³-hybridized carbons (Fsp3) is 0.667. The van der Waals surface area contributed by atoms with Crippen molar-refractivity contribution in [1.29, 1.82) is 0 Å². The molecule has 1 saturated carbocycles. The van der Waals surface area contributed by atoms with E-state index in [0.717, 1.165) is 23.3 Å². The molecular weight excluding hydrogens is 607 g/mol. The first-order chi connectivity index (χ1) is 19.7. The van der Waals surface area contributed by atoms with Crippen molar-refractivity contribution in [2.45, 2.75) is 62.5 Å². The SMILES string of the molecule is COCC(c1cnn2cc(C(COC(C)(C)C(F)(F)F)NC(=O)C3CC3C(F)(F)F)nc2c1)N1CC(C(F)(F)F)NC1=O. The van der Waals surface area contributed by atoms with Crippen molar-refractivity contribution in [2.75, 3.05) is 26.9 Å². The van der Waals surface area contributed by atoms with E-state index in [1.807, 2.05) is 5.32 Å². The summed E-state index contributed by atoms with van der Waals surface area (Å²) in [5.74, 6) is -4.36. The number of nitrogens with zero attached hydrogens (tertiary/aromatic N) is 4. The molecule has 0 aromatic carbocycles. The average molecular weight is 635 g/mol. The maximum Gasteiger partial charge on any atom is 0.416 e. The highest BCUT2D eigenvalue weighted by molar-refractivity contribution is 5.82. The van der Waals surface area contributed by atoms with E-state index in [-0.39, 0.29) is 23.5 Å². The number of urea groups is 1. The molecule has 240 valence electrons. The average Bonchev–Trinajstić information content (AvgIpc) is 3.45. The summed E-state index contributed by atoms with van der Waals surface area (Å²) in [5.41, 5.74) is -2.59. The van der Waals surface area contributed by atoms with Crippen molar-refractivity contribution >= 4 is 17.6 Å². The predicted molar refractivity (Wildman–Crippen MR) is 127 cm³/mol. The quantitative estimate of drug-likeness (QED) is 0.382. The lowest BCUT2D eigenvalue weighted by molar-refractivity contribution is -0.265. The van der Waals surface area contributed by atoms with Crippen LogP contribution in [0.1, 0.15) is 43.6 Å². The van der Waals surface area contributed by atoms with Gasteiger partial charge in [-0.2, -0.15) is 44.6 Å². The highest BCUT2D eigenvalue weighted by Gasteiger charge is 2.59. The topological polar surface area (TPSA) is 110 Å². The number of carbonyl (C=O) groups is 2. The van der Waals surface area contributed by atoms with Crippen LogP contribution in [-0.2, 0) is 14.3 Å². The number of nitrogens with one attached hydrogen (secondary N) is 2. The molecule has 2 aromatic rings. The van der Waals surface area contributed by atoms with Gasteiger partial charge in [-0.05, 0) is 26.3 Å². The molecule has 2 aliphatic rings. The van der Waals surface area contributed by atoms with Crippen LogP contribution < -0.4 is 10.6 Å². The van der Waals surface area contributed by atoms with Crippen molar-refractivity contribution in [2.24, 2.45) is 11.8 Å². The van der Waals surface area contributed by atoms with Gasteiger partial charge in [-0.25, -0.2) is 14.3 Å². The van der Waals surface area contributed by atoms with Crippen molar-refractivity contribution in [1.82, 2.24) is 30.1 Å². The van der Waals surface area contributed by atoms with E-state index in [1.165, 1.54) is 25.6 Å². The second-order valence-electron chi connectivity index (χ2n) is 10.8. The molecule has 5 atom stereocenters. The smallest absolute Gasteiger partial charge is 0.382 e. The summed E-state index contributed by atoms with van der Waals surface area (Å²) in [5, 5.41) is 8.24. The standard InChI is InChI=1S/C24H27F9N6O4/c1-21(2,24(31,32)33)43-9-15(36-19(40)12-5-13(12)22(25,26)27)14-7-39-18(35-14)4-11(6-34-39)16(10-42-3)38-8-17(23(28,29)30)37-20(38)41/h4,6-7,12-13,15-17H,5,8-10H2,1-3H3,(H,36,40)(H,37,41). The van der Waals surface area contributed by atoms with Gasteiger partial charge in [-0.1, -0.05) is 0 Å². The second-order valence-corrected chi connectivity index (χ2v) is 10.8. The fourth-order valence-electron chi connectivity index (χ4n) is 4.50. The number of carbonyl (C=O) groups excluding carboxylic acids is 2. The van der Waals surface area contributed by atoms with Gasteiger partial charge in [0.1, 0.15) is 6.04 Å². The lowest BCUT2D eigenvalue weighted by atomic mass is 10.1. The monoisotopic (exact) mass is 634 g/mol. The lowest BCUT2D eigenvalue weighted by Gasteiger charge is -2.30. The van der Waals surface area contributed by atoms with Crippen molar-refractivity contribution in [3.63, 3.8) is 0 Å². The molecule has 0 radical (unpaired) electrons. The van der Waals surface area contributed by atoms with Crippen molar-refractivity contribution in [3.8, 4) is 0 Å². The van der Waals surface area contributed by atoms with E-state index in [4.69, 9.17) is 9.47 Å². The molecule has 43 heavy (non-hydrogen) atoms. The Morgan fingerprint density at radius 2 is 1.79 bits per heavy atom. The summed E-state index contributed by atoms with van der Waals surface area (Å²) in [6, 6.07) is -4.26. The number of rotatable bonds is 10. The highest BCUT2D eigenvalue weighted by Crippen LogP contribution is 2.50. The molecule has 0 bridgehead atoms. The number of imidazole rings is 1. The van der Waals surface area contributed by atoms with E-state index >= 15 is 0 Å². The second kappa shape index (κ2) is 11.3. The molecule has 4 rings (SSSR count). The van der Waals surface area contributed by atoms with E-state index < -0.39 is 85.6 Å². The van der Waals surface area contributed by atoms with Gasteiger partial charge in [0.2, 0.25) is 5.91 Å². The minimum atomic E-state index is -4.82. The molecule has 10 nitrogen and oxygen atoms in total. The van der Waals surface area contributed by atoms with Gasteiger partial charge in [0, 0.05) is 12.7 Å². The number of hydrogen-bond acceptors (Lipinski definition) is 6. The zero-order chi connectivity index (χ0) is 32.1. The van der Waals surface area contributed by atoms with Gasteiger partial charge in [-0.3, -0.25) is 4.79 Å². The largest absolute Gasteiger partial charge is 0.416 e. The van der Waals surface area contributed by atoms with Crippen LogP contribution in [0.4, 0.5) is 44.3 Å². The van der Waals surface area contributed by atoms with Crippen LogP contribution in [0.3, 0.4) is 0 Å². The number of methoxy groups -OCH3 is 1. The van der Waals surface area contributed by atoms with Crippen LogP contribution in [0.25, 0.3) is 5.65 Å². The lowest BCUT2D eigenvalue weighted by Crippen LogP contribution is -2.44. The van der Waals surface area contributed by atoms with Gasteiger partial charge in [0.25, 0.3) is 0 Å². The number of ether oxygens (including phenoxy) is 2. The van der Waals surface area contributed by atoms with Crippen LogP contribution in [0.5, 0.6) is 0 Å². The third-order valence-corrected chi connectivity index (χ3v) is 7.29. The minimum absolute atomic E-state index is 0.00880. The summed E-state index contributed by atoms with van der Waals surface area (Å²) < 4.78 is 130. The van der Waals surface area contributed by atoms with Gasteiger partial charge in [0.05, 0.1) is 61.8 Å². The number of amides is 3. The van der Waals surface area contributed by atoms with E-state index in [9.17, 15) is 49.1 Å². The Hall–Kier alpha value is -3.35. The molecule has 2 aromatic heterocycles. The van der Waals surface area contributed by atoms with Crippen LogP contribution in [0.15, 0.2) is 18.5 Å². The van der Waals surface area contributed by atoms with Crippen LogP contribution in [-0.4, -0.2) is 88.5 Å². The first kappa shape index (κ1) is 32.6. The van der Waals surface area contributed by atoms with Gasteiger partial charge >= 0.3 is 24.6 Å². The number of hydrogen-bond donors (Lipinski definition) is 2. The fourth-order valence-corrected chi connectivity index (χ4v) is 4.50. The third-order valence-electron chi connectivity index (χ3n) is 7.29. The maximum absolute atomic E-state index is 13.4. The molecule has 5 unspecified atom stereocenters. The van der Waals surface area contributed by atoms with Crippen molar-refractivity contribution < 1.29 is 58.6 Å². The Balaban J connectivity index is 1.61.